The summed E-state index contributed by atoms with van der Waals surface area (Å²) in [6, 6.07) is 8.17. The Morgan fingerprint density at radius 1 is 1.38 bits per heavy atom. The van der Waals surface area contributed by atoms with E-state index in [1.165, 1.54) is 0 Å². The maximum absolute atomic E-state index is 12.5. The van der Waals surface area contributed by atoms with Crippen LogP contribution in [-0.2, 0) is 11.3 Å². The van der Waals surface area contributed by atoms with Gasteiger partial charge in [0.2, 0.25) is 5.91 Å². The van der Waals surface area contributed by atoms with Gasteiger partial charge in [0.1, 0.15) is 5.82 Å². The first-order valence-corrected chi connectivity index (χ1v) is 8.55. The van der Waals surface area contributed by atoms with Gasteiger partial charge in [-0.15, -0.1) is 0 Å². The van der Waals surface area contributed by atoms with Crippen LogP contribution in [0.25, 0.3) is 0 Å². The summed E-state index contributed by atoms with van der Waals surface area (Å²) in [6.07, 6.45) is 6.35. The Morgan fingerprint density at radius 3 is 2.96 bits per heavy atom. The number of piperidine rings is 1. The summed E-state index contributed by atoms with van der Waals surface area (Å²) in [4.78, 5) is 21.1. The topological polar surface area (TPSA) is 54.3 Å². The van der Waals surface area contributed by atoms with Crippen LogP contribution in [0.15, 0.2) is 36.7 Å². The molecule has 1 saturated heterocycles. The van der Waals surface area contributed by atoms with Crippen molar-refractivity contribution in [3.05, 3.63) is 42.4 Å². The van der Waals surface area contributed by atoms with Gasteiger partial charge in [0, 0.05) is 51.5 Å². The minimum atomic E-state index is 0.177. The molecule has 3 rings (SSSR count). The van der Waals surface area contributed by atoms with Gasteiger partial charge in [-0.25, -0.2) is 4.98 Å². The molecule has 6 nitrogen and oxygen atoms in total. The summed E-state index contributed by atoms with van der Waals surface area (Å²) in [6.45, 7) is 4.44. The lowest BCUT2D eigenvalue weighted by Gasteiger charge is -2.38. The summed E-state index contributed by atoms with van der Waals surface area (Å²) in [5.41, 5.74) is 0.981. The number of likely N-dealkylation sites (N-methyl/N-ethyl adjacent to an activating group) is 1. The summed E-state index contributed by atoms with van der Waals surface area (Å²) in [5.74, 6) is 1.17. The van der Waals surface area contributed by atoms with Crippen molar-refractivity contribution in [2.75, 3.05) is 25.0 Å². The van der Waals surface area contributed by atoms with Crippen molar-refractivity contribution in [3.63, 3.8) is 0 Å². The molecule has 0 radical (unpaired) electrons. The van der Waals surface area contributed by atoms with Gasteiger partial charge < -0.3 is 9.80 Å². The number of amides is 1. The Morgan fingerprint density at radius 2 is 2.25 bits per heavy atom. The molecule has 2 aromatic heterocycles. The minimum Gasteiger partial charge on any atom is -0.355 e. The zero-order valence-electron chi connectivity index (χ0n) is 14.4. The second-order valence-corrected chi connectivity index (χ2v) is 6.40. The second kappa shape index (κ2) is 7.47. The molecule has 0 spiro atoms. The molecule has 2 aromatic rings. The van der Waals surface area contributed by atoms with E-state index < -0.39 is 0 Å². The predicted molar refractivity (Wildman–Crippen MR) is 93.8 cm³/mol. The van der Waals surface area contributed by atoms with E-state index in [1.807, 2.05) is 60.2 Å². The van der Waals surface area contributed by atoms with E-state index in [9.17, 15) is 4.79 Å². The van der Waals surface area contributed by atoms with Crippen LogP contribution < -0.4 is 4.90 Å². The number of carbonyl (C=O) groups excluding carboxylic acids is 1. The molecule has 0 aromatic carbocycles. The Bertz CT molecular complexity index is 669. The van der Waals surface area contributed by atoms with Gasteiger partial charge in [0.15, 0.2) is 0 Å². The van der Waals surface area contributed by atoms with Gasteiger partial charge in [-0.3, -0.25) is 9.48 Å². The number of aryl methyl sites for hydroxylation is 2. The van der Waals surface area contributed by atoms with Crippen molar-refractivity contribution in [2.24, 2.45) is 0 Å². The average molecular weight is 327 g/mol. The van der Waals surface area contributed by atoms with E-state index in [4.69, 9.17) is 0 Å². The number of hydrogen-bond donors (Lipinski definition) is 0. The average Bonchev–Trinajstić information content (AvgIpc) is 3.05. The predicted octanol–water partition coefficient (Wildman–Crippen LogP) is 2.10. The molecule has 1 aliphatic heterocycles. The lowest BCUT2D eigenvalue weighted by molar-refractivity contribution is -0.132. The number of rotatable bonds is 5. The number of carbonyl (C=O) groups is 1. The molecule has 0 saturated carbocycles. The molecular formula is C18H25N5O. The Balaban J connectivity index is 1.55. The van der Waals surface area contributed by atoms with Gasteiger partial charge in [0.25, 0.3) is 0 Å². The third-order valence-corrected chi connectivity index (χ3v) is 4.64. The fourth-order valence-corrected chi connectivity index (χ4v) is 3.20. The van der Waals surface area contributed by atoms with Crippen molar-refractivity contribution >= 4 is 11.7 Å². The molecule has 1 fully saturated rings. The maximum Gasteiger partial charge on any atom is 0.224 e. The summed E-state index contributed by atoms with van der Waals surface area (Å²) >= 11 is 0. The Kier molecular flexibility index (Phi) is 5.13. The van der Waals surface area contributed by atoms with Gasteiger partial charge >= 0.3 is 0 Å². The van der Waals surface area contributed by atoms with Crippen LogP contribution in [0.1, 0.15) is 25.0 Å². The summed E-state index contributed by atoms with van der Waals surface area (Å²) < 4.78 is 1.84. The highest BCUT2D eigenvalue weighted by Gasteiger charge is 2.26. The van der Waals surface area contributed by atoms with Crippen LogP contribution in [-0.4, -0.2) is 51.8 Å². The minimum absolute atomic E-state index is 0.177. The number of nitrogens with zero attached hydrogens (tertiary/aromatic N) is 5. The lowest BCUT2D eigenvalue weighted by Crippen LogP contribution is -2.49. The highest BCUT2D eigenvalue weighted by Crippen LogP contribution is 2.20. The summed E-state index contributed by atoms with van der Waals surface area (Å²) in [7, 11) is 1.92. The quantitative estimate of drug-likeness (QED) is 0.844. The van der Waals surface area contributed by atoms with Crippen LogP contribution in [0.4, 0.5) is 5.82 Å². The van der Waals surface area contributed by atoms with Crippen LogP contribution in [0, 0.1) is 6.92 Å². The van der Waals surface area contributed by atoms with E-state index in [2.05, 4.69) is 15.0 Å². The van der Waals surface area contributed by atoms with Gasteiger partial charge in [0.05, 0.1) is 5.69 Å². The highest BCUT2D eigenvalue weighted by molar-refractivity contribution is 5.76. The van der Waals surface area contributed by atoms with E-state index in [1.54, 1.807) is 0 Å². The molecule has 3 heterocycles. The molecule has 0 N–H and O–H groups in total. The SMILES string of the molecule is Cc1ccn(CCC(=O)N(C)C2CCCN(c3ccccn3)C2)n1. The van der Waals surface area contributed by atoms with Crippen molar-refractivity contribution in [2.45, 2.75) is 38.8 Å². The molecule has 0 bridgehead atoms. The third kappa shape index (κ3) is 3.93. The van der Waals surface area contributed by atoms with Crippen LogP contribution in [0.5, 0.6) is 0 Å². The Labute approximate surface area is 143 Å². The lowest BCUT2D eigenvalue weighted by atomic mass is 10.0. The van der Waals surface area contributed by atoms with Crippen molar-refractivity contribution in [1.29, 1.82) is 0 Å². The largest absolute Gasteiger partial charge is 0.355 e. The Hall–Kier alpha value is -2.37. The fraction of sp³-hybridized carbons (Fsp3) is 0.500. The van der Waals surface area contributed by atoms with Gasteiger partial charge in [-0.1, -0.05) is 6.07 Å². The van der Waals surface area contributed by atoms with E-state index in [0.717, 1.165) is 37.4 Å². The highest BCUT2D eigenvalue weighted by atomic mass is 16.2. The number of pyridine rings is 1. The normalized spacial score (nSPS) is 17.8. The first-order chi connectivity index (χ1) is 11.6. The molecule has 1 amide bonds. The van der Waals surface area contributed by atoms with Crippen molar-refractivity contribution in [3.8, 4) is 0 Å². The van der Waals surface area contributed by atoms with E-state index in [-0.39, 0.29) is 11.9 Å². The van der Waals surface area contributed by atoms with E-state index >= 15 is 0 Å². The molecule has 24 heavy (non-hydrogen) atoms. The van der Waals surface area contributed by atoms with Crippen molar-refractivity contribution in [1.82, 2.24) is 19.7 Å². The number of aromatic nitrogens is 3. The molecule has 1 aliphatic rings. The third-order valence-electron chi connectivity index (χ3n) is 4.64. The van der Waals surface area contributed by atoms with Crippen LogP contribution in [0.3, 0.4) is 0 Å². The molecular weight excluding hydrogens is 302 g/mol. The number of hydrogen-bond acceptors (Lipinski definition) is 4. The second-order valence-electron chi connectivity index (χ2n) is 6.40. The summed E-state index contributed by atoms with van der Waals surface area (Å²) in [5, 5.41) is 4.34. The number of anilines is 1. The fourth-order valence-electron chi connectivity index (χ4n) is 3.20. The maximum atomic E-state index is 12.5. The zero-order chi connectivity index (χ0) is 16.9. The molecule has 0 aliphatic carbocycles. The van der Waals surface area contributed by atoms with Gasteiger partial charge in [-0.05, 0) is 38.0 Å². The first-order valence-electron chi connectivity index (χ1n) is 8.55. The molecule has 128 valence electrons. The molecule has 1 atom stereocenters. The smallest absolute Gasteiger partial charge is 0.224 e. The first kappa shape index (κ1) is 16.5. The van der Waals surface area contributed by atoms with Crippen molar-refractivity contribution < 1.29 is 4.79 Å². The standard InChI is InChI=1S/C18H25N5O/c1-15-8-12-23(20-15)13-9-18(24)21(2)16-6-5-11-22(14-16)17-7-3-4-10-19-17/h3-4,7-8,10,12,16H,5-6,9,11,13-14H2,1-2H3. The molecule has 1 unspecified atom stereocenters. The molecule has 6 heteroatoms. The van der Waals surface area contributed by atoms with Crippen LogP contribution >= 0.6 is 0 Å². The van der Waals surface area contributed by atoms with E-state index in [0.29, 0.717) is 13.0 Å². The monoisotopic (exact) mass is 327 g/mol. The van der Waals surface area contributed by atoms with Gasteiger partial charge in [-0.2, -0.15) is 5.10 Å². The van der Waals surface area contributed by atoms with Crippen LogP contribution in [0.2, 0.25) is 0 Å². The zero-order valence-corrected chi connectivity index (χ0v) is 14.4.